The number of fused-ring (bicyclic) bond motifs is 1. The molecule has 8 heteroatoms. The first-order chi connectivity index (χ1) is 14.0. The van der Waals surface area contributed by atoms with Crippen LogP contribution in [0.15, 0.2) is 66.4 Å². The summed E-state index contributed by atoms with van der Waals surface area (Å²) in [6.45, 7) is -0.0432. The maximum atomic E-state index is 13.0. The molecular weight excluding hydrogens is 372 g/mol. The van der Waals surface area contributed by atoms with E-state index >= 15 is 0 Å². The smallest absolute Gasteiger partial charge is 0.335 e. The molecule has 0 radical (unpaired) electrons. The summed E-state index contributed by atoms with van der Waals surface area (Å²) in [6, 6.07) is 14.8. The number of amides is 5. The Labute approximate surface area is 165 Å². The van der Waals surface area contributed by atoms with E-state index in [-0.39, 0.29) is 12.1 Å². The number of primary amides is 1. The van der Waals surface area contributed by atoms with Gasteiger partial charge in [-0.15, -0.1) is 0 Å². The molecule has 3 N–H and O–H groups in total. The lowest BCUT2D eigenvalue weighted by Crippen LogP contribution is -2.54. The third-order valence-corrected chi connectivity index (χ3v) is 4.56. The highest BCUT2D eigenvalue weighted by molar-refractivity contribution is 6.39. The molecule has 1 aliphatic rings. The van der Waals surface area contributed by atoms with E-state index in [1.54, 1.807) is 41.1 Å². The number of hydrogen-bond donors (Lipinski definition) is 2. The van der Waals surface area contributed by atoms with Crippen LogP contribution in [0.1, 0.15) is 5.56 Å². The zero-order valence-electron chi connectivity index (χ0n) is 15.2. The minimum absolute atomic E-state index is 0.0432. The standard InChI is InChI=1S/C21H16N4O4/c22-18(26)12-24-11-13(15-8-4-5-9-17(15)24)10-16-19(27)23-21(29)25(20(16)28)14-6-2-1-3-7-14/h1-11H,12H2,(H2,22,26)(H,23,27,29). The zero-order valence-corrected chi connectivity index (χ0v) is 15.2. The van der Waals surface area contributed by atoms with Crippen molar-refractivity contribution in [1.82, 2.24) is 9.88 Å². The zero-order chi connectivity index (χ0) is 20.5. The number of imide groups is 2. The van der Waals surface area contributed by atoms with Crippen LogP contribution >= 0.6 is 0 Å². The van der Waals surface area contributed by atoms with Crippen LogP contribution in [0, 0.1) is 0 Å². The van der Waals surface area contributed by atoms with Gasteiger partial charge in [-0.2, -0.15) is 0 Å². The molecule has 1 aliphatic heterocycles. The lowest BCUT2D eigenvalue weighted by molar-refractivity contribution is -0.122. The van der Waals surface area contributed by atoms with E-state index in [2.05, 4.69) is 5.32 Å². The summed E-state index contributed by atoms with van der Waals surface area (Å²) < 4.78 is 1.65. The van der Waals surface area contributed by atoms with Crippen molar-refractivity contribution in [2.75, 3.05) is 4.90 Å². The number of barbiturate groups is 1. The Balaban J connectivity index is 1.81. The molecule has 2 aromatic carbocycles. The number of benzene rings is 2. The summed E-state index contributed by atoms with van der Waals surface area (Å²) in [7, 11) is 0. The molecule has 29 heavy (non-hydrogen) atoms. The Bertz CT molecular complexity index is 1190. The third-order valence-electron chi connectivity index (χ3n) is 4.56. The summed E-state index contributed by atoms with van der Waals surface area (Å²) in [5, 5.41) is 2.93. The first-order valence-corrected chi connectivity index (χ1v) is 8.78. The van der Waals surface area contributed by atoms with E-state index in [1.165, 1.54) is 6.08 Å². The van der Waals surface area contributed by atoms with Crippen molar-refractivity contribution in [2.45, 2.75) is 6.54 Å². The average Bonchev–Trinajstić information content (AvgIpc) is 3.03. The predicted molar refractivity (Wildman–Crippen MR) is 107 cm³/mol. The summed E-state index contributed by atoms with van der Waals surface area (Å²) in [6.07, 6.45) is 3.06. The Kier molecular flexibility index (Phi) is 4.44. The fourth-order valence-corrected chi connectivity index (χ4v) is 3.31. The lowest BCUT2D eigenvalue weighted by atomic mass is 10.1. The largest absolute Gasteiger partial charge is 0.368 e. The molecule has 0 aliphatic carbocycles. The van der Waals surface area contributed by atoms with Gasteiger partial charge in [-0.3, -0.25) is 19.7 Å². The normalized spacial score (nSPS) is 15.8. The fourth-order valence-electron chi connectivity index (χ4n) is 3.31. The first-order valence-electron chi connectivity index (χ1n) is 8.78. The van der Waals surface area contributed by atoms with Crippen LogP contribution in [0.2, 0.25) is 0 Å². The number of carbonyl (C=O) groups is 4. The second-order valence-corrected chi connectivity index (χ2v) is 6.49. The molecule has 0 atom stereocenters. The second-order valence-electron chi connectivity index (χ2n) is 6.49. The summed E-state index contributed by atoms with van der Waals surface area (Å²) in [5.41, 5.74) is 6.77. The molecule has 1 saturated heterocycles. The maximum absolute atomic E-state index is 13.0. The minimum atomic E-state index is -0.806. The molecule has 2 heterocycles. The Morgan fingerprint density at radius 2 is 1.69 bits per heavy atom. The van der Waals surface area contributed by atoms with Crippen LogP contribution < -0.4 is 16.0 Å². The molecule has 5 amide bonds. The molecular formula is C21H16N4O4. The summed E-state index contributed by atoms with van der Waals surface area (Å²) >= 11 is 0. The van der Waals surface area contributed by atoms with Gasteiger partial charge in [0.15, 0.2) is 0 Å². The minimum Gasteiger partial charge on any atom is -0.368 e. The quantitative estimate of drug-likeness (QED) is 0.524. The highest BCUT2D eigenvalue weighted by Gasteiger charge is 2.36. The van der Waals surface area contributed by atoms with E-state index < -0.39 is 23.8 Å². The summed E-state index contributed by atoms with van der Waals surface area (Å²) in [4.78, 5) is 49.9. The molecule has 0 saturated carbocycles. The number of anilines is 1. The molecule has 0 bridgehead atoms. The predicted octanol–water partition coefficient (Wildman–Crippen LogP) is 1.79. The lowest BCUT2D eigenvalue weighted by Gasteiger charge is -2.26. The van der Waals surface area contributed by atoms with Gasteiger partial charge in [0, 0.05) is 22.7 Å². The van der Waals surface area contributed by atoms with Crippen molar-refractivity contribution in [2.24, 2.45) is 5.73 Å². The van der Waals surface area contributed by atoms with Gasteiger partial charge in [0.05, 0.1) is 5.69 Å². The van der Waals surface area contributed by atoms with Gasteiger partial charge in [0.25, 0.3) is 11.8 Å². The van der Waals surface area contributed by atoms with E-state index in [4.69, 9.17) is 5.73 Å². The number of hydrogen-bond acceptors (Lipinski definition) is 4. The van der Waals surface area contributed by atoms with Gasteiger partial charge in [-0.25, -0.2) is 9.69 Å². The van der Waals surface area contributed by atoms with E-state index in [9.17, 15) is 19.2 Å². The van der Waals surface area contributed by atoms with Crippen molar-refractivity contribution < 1.29 is 19.2 Å². The second kappa shape index (κ2) is 7.08. The molecule has 4 rings (SSSR count). The molecule has 144 valence electrons. The third kappa shape index (κ3) is 3.27. The van der Waals surface area contributed by atoms with Gasteiger partial charge >= 0.3 is 6.03 Å². The first kappa shape index (κ1) is 18.2. The molecule has 8 nitrogen and oxygen atoms in total. The van der Waals surface area contributed by atoms with Crippen molar-refractivity contribution in [1.29, 1.82) is 0 Å². The number of para-hydroxylation sites is 2. The number of aromatic nitrogens is 1. The Hall–Kier alpha value is -4.20. The molecule has 0 spiro atoms. The van der Waals surface area contributed by atoms with Crippen molar-refractivity contribution in [3.8, 4) is 0 Å². The van der Waals surface area contributed by atoms with E-state index in [1.807, 2.05) is 24.3 Å². The monoisotopic (exact) mass is 388 g/mol. The Morgan fingerprint density at radius 3 is 2.41 bits per heavy atom. The number of nitrogens with zero attached hydrogens (tertiary/aromatic N) is 2. The topological polar surface area (TPSA) is 114 Å². The molecule has 1 aromatic heterocycles. The highest BCUT2D eigenvalue weighted by Crippen LogP contribution is 2.26. The number of nitrogens with two attached hydrogens (primary N) is 1. The van der Waals surface area contributed by atoms with Crippen LogP contribution in [-0.4, -0.2) is 28.3 Å². The highest BCUT2D eigenvalue weighted by atomic mass is 16.2. The van der Waals surface area contributed by atoms with Gasteiger partial charge in [-0.05, 0) is 24.3 Å². The van der Waals surface area contributed by atoms with Crippen molar-refractivity contribution in [3.63, 3.8) is 0 Å². The van der Waals surface area contributed by atoms with Gasteiger partial charge in [0.2, 0.25) is 5.91 Å². The summed E-state index contributed by atoms with van der Waals surface area (Å²) in [5.74, 6) is -2.02. The van der Waals surface area contributed by atoms with E-state index in [0.29, 0.717) is 11.3 Å². The molecule has 1 fully saturated rings. The van der Waals surface area contributed by atoms with Crippen LogP contribution in [0.4, 0.5) is 10.5 Å². The number of urea groups is 1. The van der Waals surface area contributed by atoms with Crippen LogP contribution in [0.5, 0.6) is 0 Å². The van der Waals surface area contributed by atoms with Gasteiger partial charge < -0.3 is 10.3 Å². The van der Waals surface area contributed by atoms with Crippen molar-refractivity contribution >= 4 is 46.4 Å². The van der Waals surface area contributed by atoms with Crippen LogP contribution in [-0.2, 0) is 20.9 Å². The van der Waals surface area contributed by atoms with Crippen LogP contribution in [0.3, 0.4) is 0 Å². The average molecular weight is 388 g/mol. The number of nitrogens with one attached hydrogen (secondary N) is 1. The van der Waals surface area contributed by atoms with Crippen LogP contribution in [0.25, 0.3) is 17.0 Å². The molecule has 0 unspecified atom stereocenters. The Morgan fingerprint density at radius 1 is 1.00 bits per heavy atom. The van der Waals surface area contributed by atoms with E-state index in [0.717, 1.165) is 15.8 Å². The number of carbonyl (C=O) groups excluding carboxylic acids is 4. The number of rotatable bonds is 4. The van der Waals surface area contributed by atoms with Gasteiger partial charge in [0.1, 0.15) is 12.1 Å². The van der Waals surface area contributed by atoms with Crippen molar-refractivity contribution in [3.05, 3.63) is 71.9 Å². The maximum Gasteiger partial charge on any atom is 0.335 e. The SMILES string of the molecule is NC(=O)Cn1cc(C=C2C(=O)NC(=O)N(c3ccccc3)C2=O)c2ccccc21. The fraction of sp³-hybridized carbons (Fsp3) is 0.0476. The molecule has 3 aromatic rings. The van der Waals surface area contributed by atoms with Gasteiger partial charge in [-0.1, -0.05) is 36.4 Å².